The molecule has 5 aromatic rings. The van der Waals surface area contributed by atoms with Crippen LogP contribution in [0.15, 0.2) is 79.3 Å². The first-order valence-electron chi connectivity index (χ1n) is 10.9. The third-order valence-corrected chi connectivity index (χ3v) is 5.53. The summed E-state index contributed by atoms with van der Waals surface area (Å²) in [6.07, 6.45) is 0.565. The van der Waals surface area contributed by atoms with Gasteiger partial charge >= 0.3 is 6.18 Å². The summed E-state index contributed by atoms with van der Waals surface area (Å²) in [6.45, 7) is 1.88. The molecule has 0 aliphatic carbocycles. The van der Waals surface area contributed by atoms with Crippen molar-refractivity contribution in [2.24, 2.45) is 0 Å². The summed E-state index contributed by atoms with van der Waals surface area (Å²) >= 11 is 0. The van der Waals surface area contributed by atoms with Crippen molar-refractivity contribution in [2.45, 2.75) is 13.1 Å². The lowest BCUT2D eigenvalue weighted by Gasteiger charge is -2.14. The fourth-order valence-electron chi connectivity index (χ4n) is 3.66. The maximum Gasteiger partial charge on any atom is 0.416 e. The van der Waals surface area contributed by atoms with Crippen LogP contribution in [0.25, 0.3) is 22.4 Å². The predicted molar refractivity (Wildman–Crippen MR) is 131 cm³/mol. The minimum atomic E-state index is -4.54. The Morgan fingerprint density at radius 2 is 1.86 bits per heavy atom. The Morgan fingerprint density at radius 1 is 1.00 bits per heavy atom. The number of hydrogen-bond donors (Lipinski definition) is 3. The van der Waals surface area contributed by atoms with E-state index in [2.05, 4.69) is 30.6 Å². The van der Waals surface area contributed by atoms with E-state index in [1.54, 1.807) is 42.9 Å². The van der Waals surface area contributed by atoms with E-state index in [-0.39, 0.29) is 5.56 Å². The van der Waals surface area contributed by atoms with Crippen molar-refractivity contribution in [1.29, 1.82) is 0 Å². The van der Waals surface area contributed by atoms with E-state index < -0.39 is 17.6 Å². The Labute approximate surface area is 203 Å². The van der Waals surface area contributed by atoms with E-state index in [1.165, 1.54) is 12.1 Å². The van der Waals surface area contributed by atoms with Crippen LogP contribution in [0.2, 0.25) is 0 Å². The summed E-state index contributed by atoms with van der Waals surface area (Å²) < 4.78 is 39.1. The van der Waals surface area contributed by atoms with Gasteiger partial charge in [0, 0.05) is 41.1 Å². The third kappa shape index (κ3) is 4.74. The van der Waals surface area contributed by atoms with E-state index in [0.29, 0.717) is 34.1 Å². The zero-order valence-corrected chi connectivity index (χ0v) is 18.9. The molecule has 180 valence electrons. The van der Waals surface area contributed by atoms with Gasteiger partial charge in [-0.05, 0) is 61.0 Å². The van der Waals surface area contributed by atoms with Crippen molar-refractivity contribution < 1.29 is 18.0 Å². The molecule has 0 aliphatic rings. The first-order chi connectivity index (χ1) is 17.3. The van der Waals surface area contributed by atoms with E-state index in [4.69, 9.17) is 0 Å². The molecule has 0 aliphatic heterocycles. The highest BCUT2D eigenvalue weighted by atomic mass is 19.4. The van der Waals surface area contributed by atoms with Crippen molar-refractivity contribution >= 4 is 34.1 Å². The minimum Gasteiger partial charge on any atom is -0.357 e. The normalized spacial score (nSPS) is 11.4. The molecule has 0 saturated carbocycles. The molecule has 0 saturated heterocycles. The summed E-state index contributed by atoms with van der Waals surface area (Å²) in [5, 5.41) is 5.96. The van der Waals surface area contributed by atoms with Gasteiger partial charge in [0.05, 0.1) is 11.1 Å². The Kier molecular flexibility index (Phi) is 5.85. The number of aromatic amines is 1. The van der Waals surface area contributed by atoms with Gasteiger partial charge in [-0.2, -0.15) is 13.2 Å². The number of fused-ring (bicyclic) bond motifs is 1. The molecule has 0 bridgehead atoms. The van der Waals surface area contributed by atoms with Crippen molar-refractivity contribution in [2.75, 3.05) is 10.6 Å². The summed E-state index contributed by atoms with van der Waals surface area (Å²) in [5.41, 5.74) is 3.11. The Bertz CT molecular complexity index is 1560. The predicted octanol–water partition coefficient (Wildman–Crippen LogP) is 6.34. The first-order valence-corrected chi connectivity index (χ1v) is 10.9. The molecule has 0 fully saturated rings. The largest absolute Gasteiger partial charge is 0.416 e. The molecule has 0 radical (unpaired) electrons. The van der Waals surface area contributed by atoms with Gasteiger partial charge in [0.1, 0.15) is 5.52 Å². The third-order valence-electron chi connectivity index (χ3n) is 5.53. The number of nitrogens with one attached hydrogen (secondary N) is 3. The highest BCUT2D eigenvalue weighted by Crippen LogP contribution is 2.31. The molecule has 2 aromatic carbocycles. The Morgan fingerprint density at radius 3 is 2.64 bits per heavy atom. The van der Waals surface area contributed by atoms with E-state index in [0.717, 1.165) is 23.3 Å². The van der Waals surface area contributed by atoms with Gasteiger partial charge in [-0.25, -0.2) is 9.97 Å². The number of carbonyl (C=O) groups excluding carboxylic acids is 1. The number of aryl methyl sites for hydroxylation is 1. The van der Waals surface area contributed by atoms with E-state index >= 15 is 0 Å². The molecule has 0 spiro atoms. The Balaban J connectivity index is 1.44. The molecule has 3 aromatic heterocycles. The molecule has 3 N–H and O–H groups in total. The van der Waals surface area contributed by atoms with Crippen LogP contribution >= 0.6 is 0 Å². The second-order valence-corrected chi connectivity index (χ2v) is 8.06. The minimum absolute atomic E-state index is 0.0927. The van der Waals surface area contributed by atoms with Crippen LogP contribution in [0.4, 0.5) is 30.4 Å². The fraction of sp³-hybridized carbons (Fsp3) is 0.0769. The van der Waals surface area contributed by atoms with Gasteiger partial charge in [-0.1, -0.05) is 12.1 Å². The van der Waals surface area contributed by atoms with Gasteiger partial charge < -0.3 is 15.6 Å². The standard InChI is InChI=1S/C26H19F3N6O/c1-15-7-8-19(32-25(36)16-4-2-6-18(12-16)26(27,28)29)13-21(15)34-24-22-20(9-11-31-22)33-23(35-24)17-5-3-10-30-14-17/h2-14,31H,1H3,(H,32,36)(H,33,34,35). The van der Waals surface area contributed by atoms with Crippen LogP contribution < -0.4 is 10.6 Å². The highest BCUT2D eigenvalue weighted by Gasteiger charge is 2.30. The molecule has 5 rings (SSSR count). The maximum atomic E-state index is 13.0. The summed E-state index contributed by atoms with van der Waals surface area (Å²) in [7, 11) is 0. The average Bonchev–Trinajstić information content (AvgIpc) is 3.35. The van der Waals surface area contributed by atoms with Crippen molar-refractivity contribution in [3.63, 3.8) is 0 Å². The number of amides is 1. The molecule has 36 heavy (non-hydrogen) atoms. The maximum absolute atomic E-state index is 13.0. The van der Waals surface area contributed by atoms with Crippen LogP contribution in [-0.4, -0.2) is 25.8 Å². The van der Waals surface area contributed by atoms with Gasteiger partial charge in [-0.3, -0.25) is 9.78 Å². The molecular formula is C26H19F3N6O. The number of rotatable bonds is 5. The summed E-state index contributed by atoms with van der Waals surface area (Å²) in [6, 6.07) is 14.9. The van der Waals surface area contributed by atoms with Gasteiger partial charge in [-0.15, -0.1) is 0 Å². The molecule has 3 heterocycles. The molecule has 7 nitrogen and oxygen atoms in total. The number of benzene rings is 2. The van der Waals surface area contributed by atoms with Crippen LogP contribution in [0.3, 0.4) is 0 Å². The SMILES string of the molecule is Cc1ccc(NC(=O)c2cccc(C(F)(F)F)c2)cc1Nc1nc(-c2cccnc2)nc2cc[nH]c12. The molecule has 1 amide bonds. The second kappa shape index (κ2) is 9.14. The van der Waals surface area contributed by atoms with Gasteiger partial charge in [0.15, 0.2) is 11.6 Å². The number of halogens is 3. The van der Waals surface area contributed by atoms with Crippen LogP contribution in [0.5, 0.6) is 0 Å². The van der Waals surface area contributed by atoms with Crippen LogP contribution in [0, 0.1) is 6.92 Å². The quantitative estimate of drug-likeness (QED) is 0.268. The van der Waals surface area contributed by atoms with Crippen molar-refractivity contribution in [3.8, 4) is 11.4 Å². The molecule has 0 atom stereocenters. The number of hydrogen-bond acceptors (Lipinski definition) is 5. The lowest BCUT2D eigenvalue weighted by Crippen LogP contribution is -2.14. The summed E-state index contributed by atoms with van der Waals surface area (Å²) in [5.74, 6) is 0.362. The fourth-order valence-corrected chi connectivity index (χ4v) is 3.66. The lowest BCUT2D eigenvalue weighted by atomic mass is 10.1. The highest BCUT2D eigenvalue weighted by molar-refractivity contribution is 6.04. The van der Waals surface area contributed by atoms with Crippen molar-refractivity contribution in [1.82, 2.24) is 19.9 Å². The van der Waals surface area contributed by atoms with Crippen molar-refractivity contribution in [3.05, 3.63) is 95.9 Å². The van der Waals surface area contributed by atoms with Gasteiger partial charge in [0.25, 0.3) is 5.91 Å². The van der Waals surface area contributed by atoms with Crippen LogP contribution in [-0.2, 0) is 6.18 Å². The number of carbonyl (C=O) groups is 1. The van der Waals surface area contributed by atoms with Crippen LogP contribution in [0.1, 0.15) is 21.5 Å². The zero-order valence-electron chi connectivity index (χ0n) is 18.9. The average molecular weight is 488 g/mol. The first kappa shape index (κ1) is 23.0. The van der Waals surface area contributed by atoms with E-state index in [9.17, 15) is 18.0 Å². The smallest absolute Gasteiger partial charge is 0.357 e. The number of anilines is 3. The van der Waals surface area contributed by atoms with E-state index in [1.807, 2.05) is 19.1 Å². The molecule has 0 unspecified atom stereocenters. The number of aromatic nitrogens is 4. The van der Waals surface area contributed by atoms with Gasteiger partial charge in [0.2, 0.25) is 0 Å². The number of alkyl halides is 3. The monoisotopic (exact) mass is 488 g/mol. The lowest BCUT2D eigenvalue weighted by molar-refractivity contribution is -0.137. The number of H-pyrrole nitrogens is 1. The molecule has 10 heteroatoms. The second-order valence-electron chi connectivity index (χ2n) is 8.06. The molecular weight excluding hydrogens is 469 g/mol. The zero-order chi connectivity index (χ0) is 25.3. The number of pyridine rings is 1. The topological polar surface area (TPSA) is 95.6 Å². The summed E-state index contributed by atoms with van der Waals surface area (Å²) in [4.78, 5) is 29.2. The Hall–Kier alpha value is -4.73. The number of nitrogens with zero attached hydrogens (tertiary/aromatic N) is 3.